The molecule has 0 aliphatic carbocycles. The van der Waals surface area contributed by atoms with Crippen molar-refractivity contribution < 1.29 is 27.1 Å². The Morgan fingerprint density at radius 3 is 2.08 bits per heavy atom. The molecule has 0 N–H and O–H groups in total. The van der Waals surface area contributed by atoms with Gasteiger partial charge in [0.1, 0.15) is 5.82 Å². The van der Waals surface area contributed by atoms with E-state index in [4.69, 9.17) is 11.6 Å². The summed E-state index contributed by atoms with van der Waals surface area (Å²) < 4.78 is 50.1. The highest BCUT2D eigenvalue weighted by Gasteiger charge is 2.26. The Balaban J connectivity index is 0.000000468. The largest absolute Gasteiger partial charge is 0.468 e. The Labute approximate surface area is 225 Å². The zero-order chi connectivity index (χ0) is 28.6. The zero-order valence-corrected chi connectivity index (χ0v) is 23.8. The predicted octanol–water partition coefficient (Wildman–Crippen LogP) is 8.36. The number of alkyl halides is 3. The second-order valence-electron chi connectivity index (χ2n) is 9.59. The smallest absolute Gasteiger partial charge is 0.392 e. The first-order chi connectivity index (χ1) is 17.2. The summed E-state index contributed by atoms with van der Waals surface area (Å²) >= 11 is 5.81. The fraction of sp³-hybridized carbons (Fsp3) is 0.552. The average Bonchev–Trinajstić information content (AvgIpc) is 3.26. The number of ether oxygens (including phenoxy) is 1. The molecule has 1 fully saturated rings. The SMILES string of the molecule is CC(C)C1CCN(C)C1.CCc1cc(C)ccc1F.Cc1ccc(C)c(Cl)c1.O=COCCC(F)(F)F. The van der Waals surface area contributed by atoms with E-state index in [1.807, 2.05) is 45.9 Å². The van der Waals surface area contributed by atoms with E-state index in [1.54, 1.807) is 6.07 Å². The molecule has 0 bridgehead atoms. The van der Waals surface area contributed by atoms with Crippen LogP contribution in [0.1, 0.15) is 55.9 Å². The molecule has 0 amide bonds. The van der Waals surface area contributed by atoms with Gasteiger partial charge in [-0.25, -0.2) is 4.39 Å². The lowest BCUT2D eigenvalue weighted by Gasteiger charge is -2.13. The Morgan fingerprint density at radius 2 is 1.70 bits per heavy atom. The summed E-state index contributed by atoms with van der Waals surface area (Å²) in [6, 6.07) is 11.2. The monoisotopic (exact) mass is 547 g/mol. The van der Waals surface area contributed by atoms with E-state index in [-0.39, 0.29) is 12.3 Å². The number of aryl methyl sites for hydroxylation is 4. The molecular weight excluding hydrogens is 506 g/mol. The summed E-state index contributed by atoms with van der Waals surface area (Å²) in [5.41, 5.74) is 4.28. The molecule has 0 spiro atoms. The molecule has 2 aromatic carbocycles. The van der Waals surface area contributed by atoms with Gasteiger partial charge in [0.2, 0.25) is 0 Å². The van der Waals surface area contributed by atoms with Gasteiger partial charge in [-0.05, 0) is 87.9 Å². The fourth-order valence-electron chi connectivity index (χ4n) is 3.41. The highest BCUT2D eigenvalue weighted by Crippen LogP contribution is 2.22. The summed E-state index contributed by atoms with van der Waals surface area (Å²) in [7, 11) is 2.21. The first kappa shape index (κ1) is 34.9. The highest BCUT2D eigenvalue weighted by molar-refractivity contribution is 6.31. The molecule has 1 atom stereocenters. The van der Waals surface area contributed by atoms with Gasteiger partial charge in [0, 0.05) is 11.6 Å². The average molecular weight is 548 g/mol. The molecule has 1 aliphatic heterocycles. The third kappa shape index (κ3) is 17.1. The molecule has 1 heterocycles. The third-order valence-corrected chi connectivity index (χ3v) is 6.26. The number of hydrogen-bond donors (Lipinski definition) is 0. The van der Waals surface area contributed by atoms with Crippen molar-refractivity contribution in [1.29, 1.82) is 0 Å². The quantitative estimate of drug-likeness (QED) is 0.214. The van der Waals surface area contributed by atoms with Crippen molar-refractivity contribution in [1.82, 2.24) is 4.90 Å². The van der Waals surface area contributed by atoms with Crippen LogP contribution in [0.3, 0.4) is 0 Å². The Bertz CT molecular complexity index is 919. The van der Waals surface area contributed by atoms with Gasteiger partial charge in [0.25, 0.3) is 6.47 Å². The maximum atomic E-state index is 12.8. The van der Waals surface area contributed by atoms with Gasteiger partial charge in [-0.1, -0.05) is 62.2 Å². The first-order valence-electron chi connectivity index (χ1n) is 12.5. The van der Waals surface area contributed by atoms with Crippen molar-refractivity contribution in [3.8, 4) is 0 Å². The van der Waals surface area contributed by atoms with E-state index in [1.165, 1.54) is 31.1 Å². The van der Waals surface area contributed by atoms with Crippen LogP contribution < -0.4 is 0 Å². The molecule has 0 radical (unpaired) electrons. The molecule has 1 unspecified atom stereocenters. The number of benzene rings is 2. The number of hydrogen-bond acceptors (Lipinski definition) is 3. The minimum absolute atomic E-state index is 0.00819. The van der Waals surface area contributed by atoms with Gasteiger partial charge in [0.15, 0.2) is 0 Å². The minimum atomic E-state index is -4.23. The number of rotatable bonds is 5. The van der Waals surface area contributed by atoms with Gasteiger partial charge in [0.05, 0.1) is 13.0 Å². The van der Waals surface area contributed by atoms with E-state index in [0.717, 1.165) is 40.0 Å². The second-order valence-corrected chi connectivity index (χ2v) is 10.00. The van der Waals surface area contributed by atoms with Crippen molar-refractivity contribution in [3.63, 3.8) is 0 Å². The third-order valence-electron chi connectivity index (χ3n) is 5.85. The van der Waals surface area contributed by atoms with Crippen molar-refractivity contribution in [2.45, 2.75) is 67.0 Å². The molecule has 3 rings (SSSR count). The fourth-order valence-corrected chi connectivity index (χ4v) is 3.64. The van der Waals surface area contributed by atoms with Gasteiger partial charge in [-0.3, -0.25) is 4.79 Å². The number of carbonyl (C=O) groups is 1. The molecule has 3 nitrogen and oxygen atoms in total. The van der Waals surface area contributed by atoms with E-state index in [0.29, 0.717) is 0 Å². The van der Waals surface area contributed by atoms with Crippen LogP contribution in [0.2, 0.25) is 5.02 Å². The van der Waals surface area contributed by atoms with Crippen LogP contribution in [0.15, 0.2) is 36.4 Å². The van der Waals surface area contributed by atoms with Crippen LogP contribution in [-0.2, 0) is 16.0 Å². The lowest BCUT2D eigenvalue weighted by atomic mass is 9.95. The van der Waals surface area contributed by atoms with E-state index in [9.17, 15) is 22.4 Å². The molecule has 0 aromatic heterocycles. The molecular formula is C29H42ClF4NO2. The molecule has 2 aromatic rings. The summed E-state index contributed by atoms with van der Waals surface area (Å²) in [5, 5.41) is 0.856. The van der Waals surface area contributed by atoms with Crippen LogP contribution in [-0.4, -0.2) is 44.3 Å². The van der Waals surface area contributed by atoms with Crippen LogP contribution in [0, 0.1) is 38.4 Å². The lowest BCUT2D eigenvalue weighted by molar-refractivity contribution is -0.150. The van der Waals surface area contributed by atoms with Crippen LogP contribution in [0.4, 0.5) is 17.6 Å². The van der Waals surface area contributed by atoms with E-state index < -0.39 is 19.2 Å². The Morgan fingerprint density at radius 1 is 1.11 bits per heavy atom. The normalized spacial score (nSPS) is 15.0. The second kappa shape index (κ2) is 18.2. The molecule has 210 valence electrons. The molecule has 8 heteroatoms. The molecule has 0 saturated carbocycles. The maximum absolute atomic E-state index is 12.8. The van der Waals surface area contributed by atoms with Crippen molar-refractivity contribution >= 4 is 18.1 Å². The van der Waals surface area contributed by atoms with Crippen LogP contribution >= 0.6 is 11.6 Å². The Kier molecular flexibility index (Phi) is 17.1. The van der Waals surface area contributed by atoms with Gasteiger partial charge < -0.3 is 9.64 Å². The Hall–Kier alpha value is -2.12. The van der Waals surface area contributed by atoms with Crippen molar-refractivity contribution in [3.05, 3.63) is 69.5 Å². The summed E-state index contributed by atoms with van der Waals surface area (Å²) in [6.07, 6.45) is -3.13. The molecule has 1 aliphatic rings. The van der Waals surface area contributed by atoms with Crippen LogP contribution in [0.25, 0.3) is 0 Å². The zero-order valence-electron chi connectivity index (χ0n) is 23.1. The molecule has 37 heavy (non-hydrogen) atoms. The lowest BCUT2D eigenvalue weighted by Crippen LogP contribution is -2.16. The number of carbonyl (C=O) groups excluding carboxylic acids is 1. The topological polar surface area (TPSA) is 29.5 Å². The van der Waals surface area contributed by atoms with Gasteiger partial charge in [-0.15, -0.1) is 0 Å². The standard InChI is InChI=1S/C9H11F.C8H9Cl.C8H17N.C4H5F3O2/c1-3-8-6-7(2)4-5-9(8)10;1-6-3-4-7(2)8(9)5-6;1-7(2)8-4-5-9(3)6-8;5-4(6,7)1-2-9-3-8/h4-6H,3H2,1-2H3;3-5H,1-2H3;7-8H,4-6H2,1-3H3;3H,1-2H2. The van der Waals surface area contributed by atoms with E-state index in [2.05, 4.69) is 36.6 Å². The van der Waals surface area contributed by atoms with Gasteiger partial charge in [-0.2, -0.15) is 13.2 Å². The predicted molar refractivity (Wildman–Crippen MR) is 145 cm³/mol. The number of nitrogens with zero attached hydrogens (tertiary/aromatic N) is 1. The maximum Gasteiger partial charge on any atom is 0.392 e. The van der Waals surface area contributed by atoms with Crippen molar-refractivity contribution in [2.24, 2.45) is 11.8 Å². The first-order valence-corrected chi connectivity index (χ1v) is 12.9. The molecule has 1 saturated heterocycles. The highest BCUT2D eigenvalue weighted by atomic mass is 35.5. The van der Waals surface area contributed by atoms with E-state index >= 15 is 0 Å². The van der Waals surface area contributed by atoms with Crippen LogP contribution in [0.5, 0.6) is 0 Å². The van der Waals surface area contributed by atoms with Gasteiger partial charge >= 0.3 is 6.18 Å². The minimum Gasteiger partial charge on any atom is -0.468 e. The summed E-state index contributed by atoms with van der Waals surface area (Å²) in [4.78, 5) is 11.7. The summed E-state index contributed by atoms with van der Waals surface area (Å²) in [6.45, 7) is 14.6. The summed E-state index contributed by atoms with van der Waals surface area (Å²) in [5.74, 6) is 1.76. The number of likely N-dealkylation sites (tertiary alicyclic amines) is 1. The van der Waals surface area contributed by atoms with Crippen molar-refractivity contribution in [2.75, 3.05) is 26.7 Å². The number of halogens is 5.